The highest BCUT2D eigenvalue weighted by atomic mass is 16.3. The Balaban J connectivity index is 1.69. The lowest BCUT2D eigenvalue weighted by atomic mass is 10.00. The summed E-state index contributed by atoms with van der Waals surface area (Å²) in [5.41, 5.74) is 3.23. The minimum absolute atomic E-state index is 0.113. The van der Waals surface area contributed by atoms with Crippen molar-refractivity contribution in [2.75, 3.05) is 5.32 Å². The van der Waals surface area contributed by atoms with Crippen LogP contribution in [0.2, 0.25) is 0 Å². The standard InChI is InChI=1S/C18H19N3O3/c1-10(7-12-3-6-16(22)17(23)8-12)18(24)21-13-4-5-14-15(9-13)20-11(2)19-14/h3-6,8-10,22-23H,7H2,1-2H3,(H,19,20)(H,21,24). The molecule has 1 unspecified atom stereocenters. The molecule has 4 N–H and O–H groups in total. The Morgan fingerprint density at radius 3 is 2.75 bits per heavy atom. The van der Waals surface area contributed by atoms with E-state index in [1.54, 1.807) is 6.07 Å². The lowest BCUT2D eigenvalue weighted by Crippen LogP contribution is -2.22. The fourth-order valence-corrected chi connectivity index (χ4v) is 2.62. The minimum atomic E-state index is -0.284. The van der Waals surface area contributed by atoms with Gasteiger partial charge in [0, 0.05) is 11.6 Å². The number of carbonyl (C=O) groups is 1. The molecule has 1 aromatic heterocycles. The molecule has 0 fully saturated rings. The number of phenols is 2. The van der Waals surface area contributed by atoms with E-state index < -0.39 is 0 Å². The molecule has 0 spiro atoms. The maximum Gasteiger partial charge on any atom is 0.227 e. The van der Waals surface area contributed by atoms with Crippen LogP contribution in [0.1, 0.15) is 18.3 Å². The van der Waals surface area contributed by atoms with Crippen LogP contribution < -0.4 is 5.32 Å². The molecule has 0 saturated heterocycles. The van der Waals surface area contributed by atoms with E-state index in [-0.39, 0.29) is 23.3 Å². The number of carbonyl (C=O) groups excluding carboxylic acids is 1. The van der Waals surface area contributed by atoms with Crippen LogP contribution in [0.4, 0.5) is 5.69 Å². The fourth-order valence-electron chi connectivity index (χ4n) is 2.62. The third-order valence-corrected chi connectivity index (χ3v) is 3.90. The third kappa shape index (κ3) is 3.32. The number of nitrogens with one attached hydrogen (secondary N) is 2. The van der Waals surface area contributed by atoms with Crippen LogP contribution in [0.3, 0.4) is 0 Å². The first-order valence-electron chi connectivity index (χ1n) is 7.70. The fraction of sp³-hybridized carbons (Fsp3) is 0.222. The summed E-state index contributed by atoms with van der Waals surface area (Å²) in [6, 6.07) is 10.1. The number of aromatic hydroxyl groups is 2. The van der Waals surface area contributed by atoms with E-state index in [9.17, 15) is 15.0 Å². The average molecular weight is 325 g/mol. The predicted octanol–water partition coefficient (Wildman–Crippen LogP) is 3.10. The molecular formula is C18H19N3O3. The van der Waals surface area contributed by atoms with Gasteiger partial charge in [-0.15, -0.1) is 0 Å². The number of aromatic amines is 1. The highest BCUT2D eigenvalue weighted by Gasteiger charge is 2.15. The Hall–Kier alpha value is -3.02. The minimum Gasteiger partial charge on any atom is -0.504 e. The highest BCUT2D eigenvalue weighted by Crippen LogP contribution is 2.26. The summed E-state index contributed by atoms with van der Waals surface area (Å²) in [7, 11) is 0. The van der Waals surface area contributed by atoms with Gasteiger partial charge in [-0.05, 0) is 49.2 Å². The Morgan fingerprint density at radius 1 is 1.21 bits per heavy atom. The van der Waals surface area contributed by atoms with Gasteiger partial charge in [-0.25, -0.2) is 4.98 Å². The molecule has 3 rings (SSSR count). The molecule has 0 aliphatic carbocycles. The molecule has 124 valence electrons. The molecule has 0 radical (unpaired) electrons. The topological polar surface area (TPSA) is 98.2 Å². The van der Waals surface area contributed by atoms with Crippen LogP contribution in [-0.4, -0.2) is 26.1 Å². The number of phenolic OH excluding ortho intramolecular Hbond substituents is 2. The van der Waals surface area contributed by atoms with E-state index in [4.69, 9.17) is 0 Å². The molecule has 0 saturated carbocycles. The number of hydrogen-bond donors (Lipinski definition) is 4. The van der Waals surface area contributed by atoms with Crippen LogP contribution in [0.15, 0.2) is 36.4 Å². The number of aryl methyl sites for hydroxylation is 1. The molecular weight excluding hydrogens is 306 g/mol. The van der Waals surface area contributed by atoms with Crippen molar-refractivity contribution in [3.8, 4) is 11.5 Å². The molecule has 1 amide bonds. The van der Waals surface area contributed by atoms with Crippen LogP contribution in [0.5, 0.6) is 11.5 Å². The van der Waals surface area contributed by atoms with Crippen molar-refractivity contribution in [2.45, 2.75) is 20.3 Å². The summed E-state index contributed by atoms with van der Waals surface area (Å²) in [6.07, 6.45) is 0.463. The van der Waals surface area contributed by atoms with Gasteiger partial charge in [-0.1, -0.05) is 13.0 Å². The Labute approximate surface area is 139 Å². The van der Waals surface area contributed by atoms with Crippen molar-refractivity contribution in [3.05, 3.63) is 47.8 Å². The Bertz CT molecular complexity index is 902. The summed E-state index contributed by atoms with van der Waals surface area (Å²) in [5.74, 6) is 0.0828. The molecule has 0 bridgehead atoms. The summed E-state index contributed by atoms with van der Waals surface area (Å²) < 4.78 is 0. The first-order valence-corrected chi connectivity index (χ1v) is 7.70. The zero-order chi connectivity index (χ0) is 17.3. The summed E-state index contributed by atoms with van der Waals surface area (Å²) >= 11 is 0. The van der Waals surface area contributed by atoms with Gasteiger partial charge in [0.2, 0.25) is 5.91 Å². The second kappa shape index (κ2) is 6.23. The number of fused-ring (bicyclic) bond motifs is 1. The van der Waals surface area contributed by atoms with Gasteiger partial charge >= 0.3 is 0 Å². The van der Waals surface area contributed by atoms with Crippen molar-refractivity contribution >= 4 is 22.6 Å². The second-order valence-corrected chi connectivity index (χ2v) is 5.97. The largest absolute Gasteiger partial charge is 0.504 e. The maximum atomic E-state index is 12.4. The van der Waals surface area contributed by atoms with Crippen LogP contribution in [0, 0.1) is 12.8 Å². The molecule has 6 nitrogen and oxygen atoms in total. The molecule has 6 heteroatoms. The van der Waals surface area contributed by atoms with E-state index in [1.807, 2.05) is 32.0 Å². The van der Waals surface area contributed by atoms with E-state index >= 15 is 0 Å². The Morgan fingerprint density at radius 2 is 2.00 bits per heavy atom. The lowest BCUT2D eigenvalue weighted by Gasteiger charge is -2.13. The van der Waals surface area contributed by atoms with Crippen molar-refractivity contribution in [2.24, 2.45) is 5.92 Å². The second-order valence-electron chi connectivity index (χ2n) is 5.97. The van der Waals surface area contributed by atoms with Crippen molar-refractivity contribution < 1.29 is 15.0 Å². The van der Waals surface area contributed by atoms with E-state index in [0.717, 1.165) is 22.4 Å². The number of hydrogen-bond acceptors (Lipinski definition) is 4. The van der Waals surface area contributed by atoms with E-state index in [1.165, 1.54) is 12.1 Å². The summed E-state index contributed by atoms with van der Waals surface area (Å²) in [6.45, 7) is 3.70. The quantitative estimate of drug-likeness (QED) is 0.554. The van der Waals surface area contributed by atoms with Crippen molar-refractivity contribution in [1.29, 1.82) is 0 Å². The number of anilines is 1. The molecule has 1 atom stereocenters. The average Bonchev–Trinajstić information content (AvgIpc) is 2.90. The van der Waals surface area contributed by atoms with E-state index in [0.29, 0.717) is 12.1 Å². The van der Waals surface area contributed by atoms with Crippen molar-refractivity contribution in [1.82, 2.24) is 9.97 Å². The molecule has 3 aromatic rings. The van der Waals surface area contributed by atoms with Gasteiger partial charge in [0.25, 0.3) is 0 Å². The van der Waals surface area contributed by atoms with E-state index in [2.05, 4.69) is 15.3 Å². The SMILES string of the molecule is Cc1nc2ccc(NC(=O)C(C)Cc3ccc(O)c(O)c3)cc2[nH]1. The molecule has 24 heavy (non-hydrogen) atoms. The third-order valence-electron chi connectivity index (χ3n) is 3.90. The van der Waals surface area contributed by atoms with Gasteiger partial charge in [-0.3, -0.25) is 4.79 Å². The van der Waals surface area contributed by atoms with Gasteiger partial charge in [0.05, 0.1) is 11.0 Å². The highest BCUT2D eigenvalue weighted by molar-refractivity contribution is 5.94. The van der Waals surface area contributed by atoms with Crippen LogP contribution >= 0.6 is 0 Å². The van der Waals surface area contributed by atoms with Gasteiger partial charge < -0.3 is 20.5 Å². The lowest BCUT2D eigenvalue weighted by molar-refractivity contribution is -0.119. The monoisotopic (exact) mass is 325 g/mol. The predicted molar refractivity (Wildman–Crippen MR) is 92.1 cm³/mol. The zero-order valence-corrected chi connectivity index (χ0v) is 13.5. The van der Waals surface area contributed by atoms with Gasteiger partial charge in [0.1, 0.15) is 5.82 Å². The number of aromatic nitrogens is 2. The smallest absolute Gasteiger partial charge is 0.227 e. The van der Waals surface area contributed by atoms with Crippen molar-refractivity contribution in [3.63, 3.8) is 0 Å². The molecule has 0 aliphatic heterocycles. The van der Waals surface area contributed by atoms with Crippen LogP contribution in [0.25, 0.3) is 11.0 Å². The first kappa shape index (κ1) is 15.9. The zero-order valence-electron chi connectivity index (χ0n) is 13.5. The normalized spacial score (nSPS) is 12.2. The summed E-state index contributed by atoms with van der Waals surface area (Å²) in [4.78, 5) is 19.8. The molecule has 0 aliphatic rings. The molecule has 2 aromatic carbocycles. The number of rotatable bonds is 4. The number of benzene rings is 2. The summed E-state index contributed by atoms with van der Waals surface area (Å²) in [5, 5.41) is 21.8. The number of nitrogens with zero attached hydrogens (tertiary/aromatic N) is 1. The number of amides is 1. The van der Waals surface area contributed by atoms with Gasteiger partial charge in [-0.2, -0.15) is 0 Å². The first-order chi connectivity index (χ1) is 11.4. The van der Waals surface area contributed by atoms with Crippen LogP contribution in [-0.2, 0) is 11.2 Å². The Kier molecular flexibility index (Phi) is 4.12. The number of imidazole rings is 1. The number of H-pyrrole nitrogens is 1. The van der Waals surface area contributed by atoms with Gasteiger partial charge in [0.15, 0.2) is 11.5 Å². The molecule has 1 heterocycles. The maximum absolute atomic E-state index is 12.4.